The molecule has 180 valence electrons. The van der Waals surface area contributed by atoms with E-state index in [1.165, 1.54) is 22.5 Å². The predicted octanol–water partition coefficient (Wildman–Crippen LogP) is 3.25. The molecule has 0 saturated carbocycles. The molecule has 2 saturated heterocycles. The van der Waals surface area contributed by atoms with E-state index >= 15 is 0 Å². The standard InChI is InChI=1S/C23H31ClN4O4S/c1-18(27-13-11-26(12-14-27)17-19-6-5-15-32-19)23(29)25-22-16-20(7-8-21(22)24)33(30,31)28-9-3-2-4-10-28/h5-8,15-16,18H,2-4,9-14,17H2,1H3,(H,25,29). The van der Waals surface area contributed by atoms with Crippen molar-refractivity contribution in [2.24, 2.45) is 0 Å². The minimum absolute atomic E-state index is 0.156. The quantitative estimate of drug-likeness (QED) is 0.636. The number of rotatable bonds is 7. The zero-order valence-electron chi connectivity index (χ0n) is 18.9. The molecule has 4 rings (SSSR count). The fourth-order valence-corrected chi connectivity index (χ4v) is 6.06. The molecule has 2 aromatic rings. The second kappa shape index (κ2) is 10.6. The lowest BCUT2D eigenvalue weighted by atomic mass is 10.2. The van der Waals surface area contributed by atoms with E-state index < -0.39 is 10.0 Å². The van der Waals surface area contributed by atoms with E-state index in [-0.39, 0.29) is 16.8 Å². The maximum atomic E-state index is 13.0. The Morgan fingerprint density at radius 1 is 1.09 bits per heavy atom. The highest BCUT2D eigenvalue weighted by Crippen LogP contribution is 2.28. The van der Waals surface area contributed by atoms with Crippen LogP contribution < -0.4 is 5.32 Å². The number of hydrogen-bond acceptors (Lipinski definition) is 6. The van der Waals surface area contributed by atoms with Crippen molar-refractivity contribution in [1.29, 1.82) is 0 Å². The summed E-state index contributed by atoms with van der Waals surface area (Å²) in [7, 11) is -3.61. The highest BCUT2D eigenvalue weighted by Gasteiger charge is 2.29. The molecule has 3 heterocycles. The molecule has 10 heteroatoms. The minimum Gasteiger partial charge on any atom is -0.468 e. The molecule has 8 nitrogen and oxygen atoms in total. The third-order valence-electron chi connectivity index (χ3n) is 6.44. The van der Waals surface area contributed by atoms with Gasteiger partial charge in [-0.2, -0.15) is 4.31 Å². The summed E-state index contributed by atoms with van der Waals surface area (Å²) in [6.45, 7) is 6.85. The number of halogens is 1. The summed E-state index contributed by atoms with van der Waals surface area (Å²) in [6, 6.07) is 7.99. The third-order valence-corrected chi connectivity index (χ3v) is 8.67. The largest absolute Gasteiger partial charge is 0.468 e. The maximum absolute atomic E-state index is 13.0. The van der Waals surface area contributed by atoms with Gasteiger partial charge >= 0.3 is 0 Å². The lowest BCUT2D eigenvalue weighted by molar-refractivity contribution is -0.121. The normalized spacial score (nSPS) is 19.9. The van der Waals surface area contributed by atoms with Gasteiger partial charge in [0.25, 0.3) is 0 Å². The maximum Gasteiger partial charge on any atom is 0.243 e. The summed E-state index contributed by atoms with van der Waals surface area (Å²) in [5.74, 6) is 0.729. The summed E-state index contributed by atoms with van der Waals surface area (Å²) >= 11 is 6.30. The molecule has 1 aromatic carbocycles. The van der Waals surface area contributed by atoms with Crippen molar-refractivity contribution < 1.29 is 17.6 Å². The first-order chi connectivity index (χ1) is 15.8. The molecule has 1 amide bonds. The zero-order valence-corrected chi connectivity index (χ0v) is 20.4. The molecule has 1 aromatic heterocycles. The van der Waals surface area contributed by atoms with Crippen molar-refractivity contribution in [2.75, 3.05) is 44.6 Å². The number of nitrogens with one attached hydrogen (secondary N) is 1. The topological polar surface area (TPSA) is 86.1 Å². The Hall–Kier alpha value is -1.91. The number of nitrogens with zero attached hydrogens (tertiary/aromatic N) is 3. The smallest absolute Gasteiger partial charge is 0.243 e. The van der Waals surface area contributed by atoms with Crippen molar-refractivity contribution in [3.63, 3.8) is 0 Å². The number of hydrogen-bond donors (Lipinski definition) is 1. The fraction of sp³-hybridized carbons (Fsp3) is 0.522. The number of carbonyl (C=O) groups excluding carboxylic acids is 1. The van der Waals surface area contributed by atoms with Crippen LogP contribution in [0.25, 0.3) is 0 Å². The first-order valence-corrected chi connectivity index (χ1v) is 13.3. The Bertz CT molecular complexity index is 1050. The van der Waals surface area contributed by atoms with Gasteiger partial charge in [-0.1, -0.05) is 18.0 Å². The Morgan fingerprint density at radius 2 is 1.82 bits per heavy atom. The number of carbonyl (C=O) groups is 1. The van der Waals surface area contributed by atoms with E-state index in [4.69, 9.17) is 16.0 Å². The van der Waals surface area contributed by atoms with Crippen LogP contribution in [-0.2, 0) is 21.4 Å². The summed E-state index contributed by atoms with van der Waals surface area (Å²) in [4.78, 5) is 17.5. The first kappa shape index (κ1) is 24.2. The molecule has 0 radical (unpaired) electrons. The highest BCUT2D eigenvalue weighted by atomic mass is 35.5. The third kappa shape index (κ3) is 5.78. The lowest BCUT2D eigenvalue weighted by Crippen LogP contribution is -2.52. The van der Waals surface area contributed by atoms with Gasteiger partial charge in [0.1, 0.15) is 5.76 Å². The van der Waals surface area contributed by atoms with Crippen molar-refractivity contribution in [3.8, 4) is 0 Å². The van der Waals surface area contributed by atoms with E-state index in [1.54, 1.807) is 6.26 Å². The number of benzene rings is 1. The molecular weight excluding hydrogens is 464 g/mol. The number of piperazine rings is 1. The molecule has 2 aliphatic rings. The van der Waals surface area contributed by atoms with Crippen LogP contribution in [0.3, 0.4) is 0 Å². The van der Waals surface area contributed by atoms with Crippen LogP contribution in [0, 0.1) is 0 Å². The molecule has 1 atom stereocenters. The van der Waals surface area contributed by atoms with Gasteiger partial charge < -0.3 is 9.73 Å². The van der Waals surface area contributed by atoms with Crippen LogP contribution >= 0.6 is 11.6 Å². The van der Waals surface area contributed by atoms with Gasteiger partial charge in [0, 0.05) is 39.3 Å². The number of amides is 1. The Labute approximate surface area is 200 Å². The van der Waals surface area contributed by atoms with Crippen LogP contribution in [0.2, 0.25) is 5.02 Å². The molecule has 33 heavy (non-hydrogen) atoms. The molecule has 0 aliphatic carbocycles. The molecule has 2 aliphatic heterocycles. The van der Waals surface area contributed by atoms with Gasteiger partial charge in [0.15, 0.2) is 0 Å². The average Bonchev–Trinajstić information content (AvgIpc) is 3.34. The Kier molecular flexibility index (Phi) is 7.76. The summed E-state index contributed by atoms with van der Waals surface area (Å²) in [5, 5.41) is 3.16. The van der Waals surface area contributed by atoms with Crippen LogP contribution in [0.4, 0.5) is 5.69 Å². The lowest BCUT2D eigenvalue weighted by Gasteiger charge is -2.37. The van der Waals surface area contributed by atoms with E-state index in [0.717, 1.165) is 57.7 Å². The fourth-order valence-electron chi connectivity index (χ4n) is 4.35. The van der Waals surface area contributed by atoms with Crippen LogP contribution in [-0.4, -0.2) is 73.7 Å². The van der Waals surface area contributed by atoms with E-state index in [2.05, 4.69) is 15.1 Å². The van der Waals surface area contributed by atoms with Crippen molar-refractivity contribution in [2.45, 2.75) is 43.7 Å². The van der Waals surface area contributed by atoms with Gasteiger partial charge in [-0.05, 0) is 50.1 Å². The van der Waals surface area contributed by atoms with Gasteiger partial charge in [-0.3, -0.25) is 14.6 Å². The summed E-state index contributed by atoms with van der Waals surface area (Å²) in [5.41, 5.74) is 0.322. The van der Waals surface area contributed by atoms with Crippen LogP contribution in [0.1, 0.15) is 31.9 Å². The van der Waals surface area contributed by atoms with Gasteiger partial charge in [-0.15, -0.1) is 0 Å². The molecule has 0 bridgehead atoms. The Morgan fingerprint density at radius 3 is 2.48 bits per heavy atom. The van der Waals surface area contributed by atoms with Crippen LogP contribution in [0.5, 0.6) is 0 Å². The van der Waals surface area contributed by atoms with Crippen molar-refractivity contribution in [3.05, 3.63) is 47.4 Å². The SMILES string of the molecule is CC(C(=O)Nc1cc(S(=O)(=O)N2CCCCC2)ccc1Cl)N1CCN(Cc2ccco2)CC1. The predicted molar refractivity (Wildman–Crippen MR) is 128 cm³/mol. The molecule has 1 N–H and O–H groups in total. The van der Waals surface area contributed by atoms with E-state index in [9.17, 15) is 13.2 Å². The summed E-state index contributed by atoms with van der Waals surface area (Å²) in [6.07, 6.45) is 4.45. The van der Waals surface area contributed by atoms with Gasteiger partial charge in [-0.25, -0.2) is 8.42 Å². The number of sulfonamides is 1. The van der Waals surface area contributed by atoms with Crippen molar-refractivity contribution in [1.82, 2.24) is 14.1 Å². The molecular formula is C23H31ClN4O4S. The van der Waals surface area contributed by atoms with Gasteiger partial charge in [0.2, 0.25) is 15.9 Å². The summed E-state index contributed by atoms with van der Waals surface area (Å²) < 4.78 is 33.0. The van der Waals surface area contributed by atoms with Gasteiger partial charge in [0.05, 0.1) is 34.5 Å². The number of piperidine rings is 1. The number of anilines is 1. The highest BCUT2D eigenvalue weighted by molar-refractivity contribution is 7.89. The minimum atomic E-state index is -3.61. The monoisotopic (exact) mass is 494 g/mol. The molecule has 1 unspecified atom stereocenters. The average molecular weight is 495 g/mol. The van der Waals surface area contributed by atoms with Crippen molar-refractivity contribution >= 4 is 33.2 Å². The van der Waals surface area contributed by atoms with E-state index in [1.807, 2.05) is 19.1 Å². The first-order valence-electron chi connectivity index (χ1n) is 11.4. The molecule has 0 spiro atoms. The Balaban J connectivity index is 1.37. The van der Waals surface area contributed by atoms with Crippen LogP contribution in [0.15, 0.2) is 45.9 Å². The molecule has 2 fully saturated rings. The number of furan rings is 1. The second-order valence-electron chi connectivity index (χ2n) is 8.66. The second-order valence-corrected chi connectivity index (χ2v) is 11.0. The van der Waals surface area contributed by atoms with E-state index in [0.29, 0.717) is 23.8 Å². The zero-order chi connectivity index (χ0) is 23.4.